The minimum Gasteiger partial charge on any atom is -0.497 e. The number of fused-ring (bicyclic) bond motifs is 2. The Balaban J connectivity index is 1.81. The Morgan fingerprint density at radius 2 is 1.88 bits per heavy atom. The zero-order chi connectivity index (χ0) is 31.0. The van der Waals surface area contributed by atoms with Gasteiger partial charge in [0.1, 0.15) is 11.4 Å². The number of nitro benzene ring substituents is 1. The number of halogens is 1. The quantitative estimate of drug-likeness (QED) is 0.181. The van der Waals surface area contributed by atoms with Crippen LogP contribution in [0.15, 0.2) is 69.9 Å². The molecule has 12 heteroatoms. The summed E-state index contributed by atoms with van der Waals surface area (Å²) in [6, 6.07) is 15.9. The molecule has 0 spiro atoms. The van der Waals surface area contributed by atoms with Crippen molar-refractivity contribution >= 4 is 50.0 Å². The number of aromatic nitrogens is 1. The second-order valence-electron chi connectivity index (χ2n) is 10.4. The zero-order valence-electron chi connectivity index (χ0n) is 23.7. The van der Waals surface area contributed by atoms with Crippen LogP contribution in [-0.4, -0.2) is 41.5 Å². The third-order valence-electron chi connectivity index (χ3n) is 8.06. The maximum atomic E-state index is 13.9. The fourth-order valence-corrected chi connectivity index (χ4v) is 6.66. The van der Waals surface area contributed by atoms with Crippen LogP contribution < -0.4 is 26.7 Å². The van der Waals surface area contributed by atoms with Gasteiger partial charge in [0, 0.05) is 35.0 Å². The normalized spacial score (nSPS) is 17.6. The lowest BCUT2D eigenvalue weighted by molar-refractivity contribution is -0.384. The molecule has 222 valence electrons. The number of anilines is 1. The van der Waals surface area contributed by atoms with E-state index in [1.54, 1.807) is 22.8 Å². The van der Waals surface area contributed by atoms with Gasteiger partial charge < -0.3 is 25.7 Å². The van der Waals surface area contributed by atoms with Crippen molar-refractivity contribution in [3.05, 3.63) is 108 Å². The summed E-state index contributed by atoms with van der Waals surface area (Å²) in [6.07, 6.45) is 1.03. The minimum atomic E-state index is -0.751. The van der Waals surface area contributed by atoms with Crippen molar-refractivity contribution in [2.45, 2.75) is 37.8 Å². The number of nitro groups is 1. The number of methoxy groups -OCH3 is 1. The maximum Gasteiger partial charge on any atom is 0.294 e. The highest BCUT2D eigenvalue weighted by Crippen LogP contribution is 2.45. The number of pyridine rings is 1. The summed E-state index contributed by atoms with van der Waals surface area (Å²) in [7, 11) is 2.95. The van der Waals surface area contributed by atoms with Gasteiger partial charge in [0.05, 0.1) is 40.8 Å². The zero-order valence-corrected chi connectivity index (χ0v) is 25.3. The molecule has 1 aliphatic rings. The molecule has 3 aromatic carbocycles. The molecule has 2 amide bonds. The monoisotopic (exact) mass is 647 g/mol. The number of hydrogen-bond acceptors (Lipinski definition) is 7. The Bertz CT molecular complexity index is 1840. The lowest BCUT2D eigenvalue weighted by atomic mass is 9.74. The molecule has 0 aliphatic heterocycles. The van der Waals surface area contributed by atoms with Crippen molar-refractivity contribution in [1.29, 1.82) is 0 Å². The van der Waals surface area contributed by atoms with Crippen molar-refractivity contribution < 1.29 is 19.2 Å². The first-order valence-corrected chi connectivity index (χ1v) is 14.5. The van der Waals surface area contributed by atoms with E-state index in [2.05, 4.69) is 26.6 Å². The largest absolute Gasteiger partial charge is 0.497 e. The van der Waals surface area contributed by atoms with Gasteiger partial charge in [-0.1, -0.05) is 47.1 Å². The van der Waals surface area contributed by atoms with Crippen LogP contribution in [0.1, 0.15) is 57.1 Å². The summed E-state index contributed by atoms with van der Waals surface area (Å²) >= 11 is 3.29. The average Bonchev–Trinajstić information content (AvgIpc) is 3.00. The number of benzene rings is 3. The number of rotatable bonds is 8. The molecule has 1 aliphatic carbocycles. The first-order chi connectivity index (χ1) is 20.6. The molecule has 0 saturated heterocycles. The summed E-state index contributed by atoms with van der Waals surface area (Å²) in [4.78, 5) is 51.0. The number of primary amides is 1. The fourth-order valence-electron chi connectivity index (χ4n) is 6.22. The standard InChI is InChI=1S/C31H30BrN5O6/c1-4-19-20-8-6-5-7-16(20)11-24(35-28-23(31(40)34-2)12-17(32)13-26(28)37(41)42)29(19)36-25-10-9-18(43-3)14-21(25)22(30(33)39)15-27(36)38/h5-10,12-15,19,24,29,35H,4,11H2,1-3H3,(H2,33,39)(H,34,40)/t19?,24-,29+/m1/s1. The van der Waals surface area contributed by atoms with Crippen LogP contribution in [0, 0.1) is 10.1 Å². The molecular weight excluding hydrogens is 618 g/mol. The SMILES string of the molecule is CCC1c2ccccc2C[C@@H](Nc2c(C(=O)NC)cc(Br)cc2[N+](=O)[O-])[C@H]1n1c(=O)cc(C(N)=O)c2cc(OC)ccc21. The number of hydrogen-bond donors (Lipinski definition) is 3. The Kier molecular flexibility index (Phi) is 8.23. The lowest BCUT2D eigenvalue weighted by Gasteiger charge is -2.42. The summed E-state index contributed by atoms with van der Waals surface area (Å²) in [5, 5.41) is 18.6. The Morgan fingerprint density at radius 3 is 2.53 bits per heavy atom. The van der Waals surface area contributed by atoms with E-state index in [-0.39, 0.29) is 28.4 Å². The second-order valence-corrected chi connectivity index (χ2v) is 11.3. The molecule has 0 fully saturated rings. The van der Waals surface area contributed by atoms with Gasteiger partial charge in [-0.2, -0.15) is 0 Å². The molecule has 4 N–H and O–H groups in total. The van der Waals surface area contributed by atoms with Crippen LogP contribution in [0.5, 0.6) is 5.75 Å². The second kappa shape index (κ2) is 11.9. The third-order valence-corrected chi connectivity index (χ3v) is 8.52. The topological polar surface area (TPSA) is 159 Å². The Hall–Kier alpha value is -4.71. The van der Waals surface area contributed by atoms with Crippen molar-refractivity contribution in [3.63, 3.8) is 0 Å². The third kappa shape index (κ3) is 5.34. The van der Waals surface area contributed by atoms with E-state index in [4.69, 9.17) is 10.5 Å². The minimum absolute atomic E-state index is 0.0459. The van der Waals surface area contributed by atoms with E-state index in [1.807, 2.05) is 31.2 Å². The number of amides is 2. The van der Waals surface area contributed by atoms with E-state index in [0.717, 1.165) is 11.1 Å². The van der Waals surface area contributed by atoms with Crippen LogP contribution in [0.25, 0.3) is 10.9 Å². The molecule has 11 nitrogen and oxygen atoms in total. The molecule has 43 heavy (non-hydrogen) atoms. The average molecular weight is 649 g/mol. The van der Waals surface area contributed by atoms with Crippen molar-refractivity contribution in [2.24, 2.45) is 5.73 Å². The van der Waals surface area contributed by atoms with E-state index in [0.29, 0.717) is 34.0 Å². The van der Waals surface area contributed by atoms with Gasteiger partial charge in [-0.3, -0.25) is 24.5 Å². The first kappa shape index (κ1) is 29.8. The molecule has 0 saturated carbocycles. The van der Waals surface area contributed by atoms with E-state index < -0.39 is 34.4 Å². The van der Waals surface area contributed by atoms with Crippen LogP contribution in [0.4, 0.5) is 11.4 Å². The highest BCUT2D eigenvalue weighted by Gasteiger charge is 2.40. The smallest absolute Gasteiger partial charge is 0.294 e. The van der Waals surface area contributed by atoms with E-state index in [1.165, 1.54) is 32.4 Å². The molecule has 1 aromatic heterocycles. The van der Waals surface area contributed by atoms with Gasteiger partial charge in [0.15, 0.2) is 0 Å². The number of carbonyl (C=O) groups is 2. The highest BCUT2D eigenvalue weighted by molar-refractivity contribution is 9.10. The van der Waals surface area contributed by atoms with Crippen molar-refractivity contribution in [1.82, 2.24) is 9.88 Å². The predicted octanol–water partition coefficient (Wildman–Crippen LogP) is 4.91. The Labute approximate surface area is 255 Å². The summed E-state index contributed by atoms with van der Waals surface area (Å²) < 4.78 is 7.40. The lowest BCUT2D eigenvalue weighted by Crippen LogP contribution is -2.45. The molecule has 5 rings (SSSR count). The number of ether oxygens (including phenoxy) is 1. The van der Waals surface area contributed by atoms with Crippen LogP contribution in [-0.2, 0) is 6.42 Å². The highest BCUT2D eigenvalue weighted by atomic mass is 79.9. The van der Waals surface area contributed by atoms with Crippen molar-refractivity contribution in [3.8, 4) is 5.75 Å². The maximum absolute atomic E-state index is 13.9. The summed E-state index contributed by atoms with van der Waals surface area (Å²) in [5.41, 5.74) is 7.69. The number of nitrogens with one attached hydrogen (secondary N) is 2. The van der Waals surface area contributed by atoms with Crippen molar-refractivity contribution in [2.75, 3.05) is 19.5 Å². The molecule has 4 aromatic rings. The Morgan fingerprint density at radius 1 is 1.14 bits per heavy atom. The molecule has 0 bridgehead atoms. The number of carbonyl (C=O) groups excluding carboxylic acids is 2. The summed E-state index contributed by atoms with van der Waals surface area (Å²) in [6.45, 7) is 2.02. The van der Waals surface area contributed by atoms with E-state index in [9.17, 15) is 24.5 Å². The molecular formula is C31H30BrN5O6. The molecule has 1 heterocycles. The van der Waals surface area contributed by atoms with Gasteiger partial charge in [-0.15, -0.1) is 0 Å². The number of nitrogens with two attached hydrogens (primary N) is 1. The van der Waals surface area contributed by atoms with Gasteiger partial charge in [-0.05, 0) is 48.2 Å². The summed E-state index contributed by atoms with van der Waals surface area (Å²) in [5.74, 6) is -0.981. The molecule has 1 unspecified atom stereocenters. The van der Waals surface area contributed by atoms with Gasteiger partial charge >= 0.3 is 0 Å². The van der Waals surface area contributed by atoms with Gasteiger partial charge in [0.2, 0.25) is 5.91 Å². The van der Waals surface area contributed by atoms with Gasteiger partial charge in [0.25, 0.3) is 17.2 Å². The van der Waals surface area contributed by atoms with Gasteiger partial charge in [-0.25, -0.2) is 0 Å². The van der Waals surface area contributed by atoms with Crippen LogP contribution in [0.2, 0.25) is 0 Å². The van der Waals surface area contributed by atoms with E-state index >= 15 is 0 Å². The molecule has 3 atom stereocenters. The predicted molar refractivity (Wildman–Crippen MR) is 167 cm³/mol. The molecule has 0 radical (unpaired) electrons. The number of nitrogens with zero attached hydrogens (tertiary/aromatic N) is 2. The first-order valence-electron chi connectivity index (χ1n) is 13.7. The van der Waals surface area contributed by atoms with Crippen LogP contribution >= 0.6 is 15.9 Å². The fraction of sp³-hybridized carbons (Fsp3) is 0.258. The van der Waals surface area contributed by atoms with Crippen LogP contribution in [0.3, 0.4) is 0 Å².